The van der Waals surface area contributed by atoms with Gasteiger partial charge in [-0.25, -0.2) is 4.68 Å². The topological polar surface area (TPSA) is 17.8 Å². The standard InChI is InChI=1S/C15H18N2/c1-3-13-10-15(12-8-9-12)17(16-13)14-7-5-4-6-11(14)2/h4-7,10,12H,3,8-9H2,1-2H3. The van der Waals surface area contributed by atoms with Crippen molar-refractivity contribution < 1.29 is 0 Å². The Hall–Kier alpha value is -1.57. The highest BCUT2D eigenvalue weighted by Crippen LogP contribution is 2.41. The lowest BCUT2D eigenvalue weighted by atomic mass is 10.2. The quantitative estimate of drug-likeness (QED) is 0.781. The minimum atomic E-state index is 0.738. The molecule has 88 valence electrons. The molecular formula is C15H18N2. The van der Waals surface area contributed by atoms with Crippen LogP contribution in [0.4, 0.5) is 0 Å². The Morgan fingerprint density at radius 3 is 2.71 bits per heavy atom. The summed E-state index contributed by atoms with van der Waals surface area (Å²) in [5, 5.41) is 4.74. The fraction of sp³-hybridized carbons (Fsp3) is 0.400. The van der Waals surface area contributed by atoms with Crippen LogP contribution < -0.4 is 0 Å². The van der Waals surface area contributed by atoms with Gasteiger partial charge in [-0.05, 0) is 43.9 Å². The summed E-state index contributed by atoms with van der Waals surface area (Å²) in [6.07, 6.45) is 3.65. The van der Waals surface area contributed by atoms with Gasteiger partial charge < -0.3 is 0 Å². The molecule has 2 heteroatoms. The number of aromatic nitrogens is 2. The zero-order chi connectivity index (χ0) is 11.8. The number of para-hydroxylation sites is 1. The summed E-state index contributed by atoms with van der Waals surface area (Å²) in [5.41, 5.74) is 5.13. The molecule has 0 atom stereocenters. The fourth-order valence-electron chi connectivity index (χ4n) is 2.28. The summed E-state index contributed by atoms with van der Waals surface area (Å²) in [7, 11) is 0. The molecule has 0 unspecified atom stereocenters. The van der Waals surface area contributed by atoms with Gasteiger partial charge in [-0.1, -0.05) is 25.1 Å². The predicted octanol–water partition coefficient (Wildman–Crippen LogP) is 3.62. The molecule has 1 aliphatic rings. The summed E-state index contributed by atoms with van der Waals surface area (Å²) in [6, 6.07) is 10.8. The third kappa shape index (κ3) is 1.88. The molecule has 0 aliphatic heterocycles. The second-order valence-electron chi connectivity index (χ2n) is 4.89. The largest absolute Gasteiger partial charge is 0.237 e. The van der Waals surface area contributed by atoms with Crippen LogP contribution in [0, 0.1) is 6.92 Å². The van der Waals surface area contributed by atoms with Gasteiger partial charge in [0.25, 0.3) is 0 Å². The van der Waals surface area contributed by atoms with Crippen molar-refractivity contribution in [3.8, 4) is 5.69 Å². The predicted molar refractivity (Wildman–Crippen MR) is 69.7 cm³/mol. The number of hydrogen-bond donors (Lipinski definition) is 0. The molecule has 0 N–H and O–H groups in total. The number of rotatable bonds is 3. The van der Waals surface area contributed by atoms with E-state index in [2.05, 4.69) is 48.9 Å². The molecule has 1 aromatic heterocycles. The van der Waals surface area contributed by atoms with Gasteiger partial charge in [0.2, 0.25) is 0 Å². The normalized spacial score (nSPS) is 15.2. The Balaban J connectivity index is 2.12. The maximum atomic E-state index is 4.74. The average Bonchev–Trinajstić information content (AvgIpc) is 3.10. The van der Waals surface area contributed by atoms with E-state index in [4.69, 9.17) is 5.10 Å². The van der Waals surface area contributed by atoms with Crippen molar-refractivity contribution >= 4 is 0 Å². The van der Waals surface area contributed by atoms with Crippen molar-refractivity contribution in [3.05, 3.63) is 47.3 Å². The lowest BCUT2D eigenvalue weighted by Crippen LogP contribution is -2.03. The first-order chi connectivity index (χ1) is 8.29. The van der Waals surface area contributed by atoms with Gasteiger partial charge in [0.15, 0.2) is 0 Å². The Bertz CT molecular complexity index is 536. The molecule has 3 rings (SSSR count). The third-order valence-corrected chi connectivity index (χ3v) is 3.49. The Morgan fingerprint density at radius 1 is 1.29 bits per heavy atom. The lowest BCUT2D eigenvalue weighted by molar-refractivity contribution is 0.785. The van der Waals surface area contributed by atoms with Crippen LogP contribution in [-0.4, -0.2) is 9.78 Å². The molecule has 1 saturated carbocycles. The molecule has 0 amide bonds. The monoisotopic (exact) mass is 226 g/mol. The third-order valence-electron chi connectivity index (χ3n) is 3.49. The van der Waals surface area contributed by atoms with E-state index in [9.17, 15) is 0 Å². The molecule has 1 fully saturated rings. The van der Waals surface area contributed by atoms with Crippen LogP contribution in [0.3, 0.4) is 0 Å². The maximum absolute atomic E-state index is 4.74. The summed E-state index contributed by atoms with van der Waals surface area (Å²) in [6.45, 7) is 4.32. The minimum absolute atomic E-state index is 0.738. The van der Waals surface area contributed by atoms with Crippen molar-refractivity contribution in [2.24, 2.45) is 0 Å². The van der Waals surface area contributed by atoms with Gasteiger partial charge >= 0.3 is 0 Å². The highest BCUT2D eigenvalue weighted by atomic mass is 15.3. The molecule has 1 aromatic carbocycles. The van der Waals surface area contributed by atoms with Crippen molar-refractivity contribution in [2.75, 3.05) is 0 Å². The van der Waals surface area contributed by atoms with Crippen molar-refractivity contribution in [1.29, 1.82) is 0 Å². The number of benzene rings is 1. The van der Waals surface area contributed by atoms with E-state index in [1.807, 2.05) is 0 Å². The van der Waals surface area contributed by atoms with Crippen LogP contribution in [0.25, 0.3) is 5.69 Å². The Morgan fingerprint density at radius 2 is 2.06 bits per heavy atom. The maximum Gasteiger partial charge on any atom is 0.0678 e. The molecule has 1 heterocycles. The molecule has 0 radical (unpaired) electrons. The number of hydrogen-bond acceptors (Lipinski definition) is 1. The van der Waals surface area contributed by atoms with E-state index in [0.717, 1.165) is 12.3 Å². The lowest BCUT2D eigenvalue weighted by Gasteiger charge is -2.09. The minimum Gasteiger partial charge on any atom is -0.237 e. The summed E-state index contributed by atoms with van der Waals surface area (Å²) >= 11 is 0. The summed E-state index contributed by atoms with van der Waals surface area (Å²) in [5.74, 6) is 0.738. The van der Waals surface area contributed by atoms with Crippen LogP contribution >= 0.6 is 0 Å². The van der Waals surface area contributed by atoms with Crippen LogP contribution in [0.5, 0.6) is 0 Å². The SMILES string of the molecule is CCc1cc(C2CC2)n(-c2ccccc2C)n1. The Kier molecular flexibility index (Phi) is 2.50. The highest BCUT2D eigenvalue weighted by molar-refractivity contribution is 5.42. The van der Waals surface area contributed by atoms with Crippen molar-refractivity contribution in [2.45, 2.75) is 39.0 Å². The molecule has 2 nitrogen and oxygen atoms in total. The second kappa shape index (κ2) is 4.02. The zero-order valence-electron chi connectivity index (χ0n) is 10.5. The van der Waals surface area contributed by atoms with E-state index < -0.39 is 0 Å². The van der Waals surface area contributed by atoms with Gasteiger partial charge in [0.05, 0.1) is 11.4 Å². The van der Waals surface area contributed by atoms with Crippen molar-refractivity contribution in [1.82, 2.24) is 9.78 Å². The number of aryl methyl sites for hydroxylation is 2. The molecule has 17 heavy (non-hydrogen) atoms. The first kappa shape index (κ1) is 10.6. The fourth-order valence-corrected chi connectivity index (χ4v) is 2.28. The summed E-state index contributed by atoms with van der Waals surface area (Å²) in [4.78, 5) is 0. The molecule has 1 aliphatic carbocycles. The second-order valence-corrected chi connectivity index (χ2v) is 4.89. The first-order valence-electron chi connectivity index (χ1n) is 6.44. The molecule has 2 aromatic rings. The van der Waals surface area contributed by atoms with Crippen molar-refractivity contribution in [3.63, 3.8) is 0 Å². The van der Waals surface area contributed by atoms with Gasteiger partial charge in [0, 0.05) is 11.6 Å². The van der Waals surface area contributed by atoms with Gasteiger partial charge in [-0.15, -0.1) is 0 Å². The zero-order valence-corrected chi connectivity index (χ0v) is 10.5. The average molecular weight is 226 g/mol. The number of nitrogens with zero attached hydrogens (tertiary/aromatic N) is 2. The van der Waals surface area contributed by atoms with Crippen LogP contribution in [0.15, 0.2) is 30.3 Å². The highest BCUT2D eigenvalue weighted by Gasteiger charge is 2.28. The van der Waals surface area contributed by atoms with Gasteiger partial charge in [-0.2, -0.15) is 5.10 Å². The first-order valence-corrected chi connectivity index (χ1v) is 6.44. The van der Waals surface area contributed by atoms with Crippen LogP contribution in [0.1, 0.15) is 42.6 Å². The summed E-state index contributed by atoms with van der Waals surface area (Å²) < 4.78 is 2.16. The smallest absolute Gasteiger partial charge is 0.0678 e. The van der Waals surface area contributed by atoms with Crippen LogP contribution in [-0.2, 0) is 6.42 Å². The van der Waals surface area contributed by atoms with E-state index in [1.165, 1.54) is 35.5 Å². The van der Waals surface area contributed by atoms with Crippen LogP contribution in [0.2, 0.25) is 0 Å². The molecular weight excluding hydrogens is 208 g/mol. The van der Waals surface area contributed by atoms with E-state index in [-0.39, 0.29) is 0 Å². The van der Waals surface area contributed by atoms with Gasteiger partial charge in [-0.3, -0.25) is 0 Å². The van der Waals surface area contributed by atoms with Gasteiger partial charge in [0.1, 0.15) is 0 Å². The molecule has 0 saturated heterocycles. The molecule has 0 spiro atoms. The van der Waals surface area contributed by atoms with E-state index in [0.29, 0.717) is 0 Å². The Labute approximate surface area is 102 Å². The van der Waals surface area contributed by atoms with E-state index in [1.54, 1.807) is 0 Å². The molecule has 0 bridgehead atoms. The van der Waals surface area contributed by atoms with E-state index >= 15 is 0 Å².